The fraction of sp³-hybridized carbons (Fsp3) is 0.556. The number of thiazole rings is 1. The van der Waals surface area contributed by atoms with E-state index in [1.54, 1.807) is 0 Å². The summed E-state index contributed by atoms with van der Waals surface area (Å²) in [5.41, 5.74) is 0.871. The summed E-state index contributed by atoms with van der Waals surface area (Å²) in [5, 5.41) is 3.18. The van der Waals surface area contributed by atoms with Gasteiger partial charge in [0.1, 0.15) is 5.00 Å². The Morgan fingerprint density at radius 3 is 2.82 bits per heavy atom. The molecule has 1 saturated heterocycles. The summed E-state index contributed by atoms with van der Waals surface area (Å²) < 4.78 is 5.65. The number of rotatable bonds is 2. The van der Waals surface area contributed by atoms with Crippen molar-refractivity contribution >= 4 is 50.6 Å². The topological polar surface area (TPSA) is 54.6 Å². The summed E-state index contributed by atoms with van der Waals surface area (Å²) in [5.74, 6) is 5.82. The van der Waals surface area contributed by atoms with E-state index in [1.165, 1.54) is 16.3 Å². The van der Waals surface area contributed by atoms with Crippen LogP contribution in [0.5, 0.6) is 0 Å². The number of anilines is 2. The summed E-state index contributed by atoms with van der Waals surface area (Å²) in [6.07, 6.45) is 0. The van der Waals surface area contributed by atoms with Gasteiger partial charge in [-0.2, -0.15) is 0 Å². The summed E-state index contributed by atoms with van der Waals surface area (Å²) in [6.45, 7) is 5.13. The zero-order valence-electron chi connectivity index (χ0n) is 9.42. The molecule has 0 aromatic carbocycles. The lowest BCUT2D eigenvalue weighted by molar-refractivity contribution is 0.122. The Labute approximate surface area is 115 Å². The molecule has 0 radical (unpaired) electrons. The van der Waals surface area contributed by atoms with Crippen molar-refractivity contribution < 1.29 is 4.74 Å². The van der Waals surface area contributed by atoms with Crippen molar-refractivity contribution in [3.05, 3.63) is 5.69 Å². The van der Waals surface area contributed by atoms with Crippen molar-refractivity contribution in [2.24, 2.45) is 5.84 Å². The second-order valence-electron chi connectivity index (χ2n) is 3.64. The van der Waals surface area contributed by atoms with Gasteiger partial charge in [-0.15, -0.1) is 12.6 Å². The molecule has 0 unspecified atom stereocenters. The van der Waals surface area contributed by atoms with Gasteiger partial charge in [0.25, 0.3) is 0 Å². The maximum Gasteiger partial charge on any atom is 0.187 e. The predicted octanol–water partition coefficient (Wildman–Crippen LogP) is 1.18. The van der Waals surface area contributed by atoms with Gasteiger partial charge in [0.2, 0.25) is 0 Å². The van der Waals surface area contributed by atoms with E-state index in [0.29, 0.717) is 4.32 Å². The molecule has 0 aliphatic carbocycles. The minimum absolute atomic E-state index is 0.338. The van der Waals surface area contributed by atoms with Crippen LogP contribution in [0.2, 0.25) is 0 Å². The number of thiol groups is 1. The molecule has 0 spiro atoms. The summed E-state index contributed by atoms with van der Waals surface area (Å²) in [6, 6.07) is 0. The Morgan fingerprint density at radius 2 is 2.24 bits per heavy atom. The number of hydrogen-bond acceptors (Lipinski definition) is 6. The average Bonchev–Trinajstić information content (AvgIpc) is 2.71. The van der Waals surface area contributed by atoms with E-state index in [4.69, 9.17) is 22.8 Å². The van der Waals surface area contributed by atoms with Gasteiger partial charge in [0.05, 0.1) is 18.9 Å². The van der Waals surface area contributed by atoms with Gasteiger partial charge >= 0.3 is 0 Å². The van der Waals surface area contributed by atoms with Gasteiger partial charge in [-0.25, -0.2) is 10.8 Å². The van der Waals surface area contributed by atoms with Gasteiger partial charge in [0, 0.05) is 13.1 Å². The second kappa shape index (κ2) is 5.49. The molecule has 0 atom stereocenters. The van der Waals surface area contributed by atoms with Crippen LogP contribution in [-0.2, 0) is 4.74 Å². The highest BCUT2D eigenvalue weighted by Crippen LogP contribution is 2.33. The monoisotopic (exact) mass is 290 g/mol. The summed E-state index contributed by atoms with van der Waals surface area (Å²) >= 11 is 10.5. The van der Waals surface area contributed by atoms with Crippen molar-refractivity contribution in [3.8, 4) is 0 Å². The Hall–Kier alpha value is -0.410. The first-order chi connectivity index (χ1) is 8.09. The van der Waals surface area contributed by atoms with E-state index in [0.717, 1.165) is 42.1 Å². The van der Waals surface area contributed by atoms with Crippen molar-refractivity contribution in [1.82, 2.24) is 4.98 Å². The molecule has 2 rings (SSSR count). The largest absolute Gasteiger partial charge is 0.378 e. The Bertz CT molecular complexity index is 416. The minimum Gasteiger partial charge on any atom is -0.378 e. The summed E-state index contributed by atoms with van der Waals surface area (Å²) in [4.78, 5) is 6.71. The highest BCUT2D eigenvalue weighted by atomic mass is 32.1. The van der Waals surface area contributed by atoms with Gasteiger partial charge in [0.15, 0.2) is 9.45 Å². The van der Waals surface area contributed by atoms with Crippen molar-refractivity contribution in [2.45, 2.75) is 6.92 Å². The lowest BCUT2D eigenvalue weighted by Crippen LogP contribution is -2.36. The molecular formula is C9H14N4OS3. The van der Waals surface area contributed by atoms with Crippen molar-refractivity contribution in [3.63, 3.8) is 0 Å². The predicted molar refractivity (Wildman–Crippen MR) is 78.1 cm³/mol. The second-order valence-corrected chi connectivity index (χ2v) is 5.71. The molecule has 2 N–H and O–H groups in total. The standard InChI is InChI=1S/C9H14N4OS3/c1-6-7(13(10)9(15)16)17-8(11-6)12-2-4-14-5-3-12/h2-5,10H2,1H3,(H,15,16). The first-order valence-electron chi connectivity index (χ1n) is 5.17. The molecule has 5 nitrogen and oxygen atoms in total. The molecule has 0 saturated carbocycles. The Balaban J connectivity index is 2.20. The van der Waals surface area contributed by atoms with Gasteiger partial charge in [-0.05, 0) is 6.92 Å². The Morgan fingerprint density at radius 1 is 1.59 bits per heavy atom. The van der Waals surface area contributed by atoms with Crippen LogP contribution in [0.25, 0.3) is 0 Å². The molecule has 1 aromatic heterocycles. The molecule has 1 aromatic rings. The lowest BCUT2D eigenvalue weighted by atomic mass is 10.4. The molecule has 1 aliphatic heterocycles. The minimum atomic E-state index is 0.338. The third kappa shape index (κ3) is 2.89. The highest BCUT2D eigenvalue weighted by molar-refractivity contribution is 8.11. The van der Waals surface area contributed by atoms with Crippen LogP contribution < -0.4 is 15.8 Å². The van der Waals surface area contributed by atoms with E-state index < -0.39 is 0 Å². The third-order valence-corrected chi connectivity index (χ3v) is 4.10. The normalized spacial score (nSPS) is 16.1. The van der Waals surface area contributed by atoms with Crippen LogP contribution >= 0.6 is 36.2 Å². The fourth-order valence-electron chi connectivity index (χ4n) is 1.57. The van der Waals surface area contributed by atoms with E-state index >= 15 is 0 Å². The Kier molecular flexibility index (Phi) is 4.21. The van der Waals surface area contributed by atoms with E-state index in [-0.39, 0.29) is 0 Å². The molecular weight excluding hydrogens is 276 g/mol. The number of thiocarbonyl (C=S) groups is 1. The number of aryl methyl sites for hydroxylation is 1. The maximum atomic E-state index is 5.82. The van der Waals surface area contributed by atoms with Crippen molar-refractivity contribution in [2.75, 3.05) is 36.2 Å². The molecule has 2 heterocycles. The number of ether oxygens (including phenoxy) is 1. The highest BCUT2D eigenvalue weighted by Gasteiger charge is 2.19. The molecule has 17 heavy (non-hydrogen) atoms. The lowest BCUT2D eigenvalue weighted by Gasteiger charge is -2.26. The number of morpholine rings is 1. The zero-order valence-corrected chi connectivity index (χ0v) is 11.9. The molecule has 1 aliphatic rings. The smallest absolute Gasteiger partial charge is 0.187 e. The molecule has 0 amide bonds. The fourth-order valence-corrected chi connectivity index (χ4v) is 2.94. The average molecular weight is 290 g/mol. The SMILES string of the molecule is Cc1nc(N2CCOCC2)sc1N(N)C(=S)S. The molecule has 8 heteroatoms. The third-order valence-electron chi connectivity index (χ3n) is 2.47. The first-order valence-corrected chi connectivity index (χ1v) is 6.84. The van der Waals surface area contributed by atoms with Gasteiger partial charge in [-0.3, -0.25) is 5.01 Å². The summed E-state index contributed by atoms with van der Waals surface area (Å²) in [7, 11) is 0. The van der Waals surface area contributed by atoms with E-state index in [9.17, 15) is 0 Å². The van der Waals surface area contributed by atoms with Crippen molar-refractivity contribution in [1.29, 1.82) is 0 Å². The molecule has 1 fully saturated rings. The maximum absolute atomic E-state index is 5.82. The molecule has 94 valence electrons. The number of nitrogens with two attached hydrogens (primary N) is 1. The van der Waals surface area contributed by atoms with E-state index in [1.807, 2.05) is 6.92 Å². The van der Waals surface area contributed by atoms with Crippen LogP contribution in [0.15, 0.2) is 0 Å². The first kappa shape index (κ1) is 13.0. The van der Waals surface area contributed by atoms with Crippen LogP contribution in [0.1, 0.15) is 5.69 Å². The zero-order chi connectivity index (χ0) is 12.4. The quantitative estimate of drug-likeness (QED) is 0.369. The van der Waals surface area contributed by atoms with Crippen LogP contribution in [0.4, 0.5) is 10.1 Å². The molecule has 0 bridgehead atoms. The van der Waals surface area contributed by atoms with Crippen LogP contribution in [-0.4, -0.2) is 35.6 Å². The van der Waals surface area contributed by atoms with Crippen LogP contribution in [0, 0.1) is 6.92 Å². The van der Waals surface area contributed by atoms with E-state index in [2.05, 4.69) is 22.5 Å². The number of hydrazine groups is 1. The van der Waals surface area contributed by atoms with Crippen LogP contribution in [0.3, 0.4) is 0 Å². The number of nitrogens with zero attached hydrogens (tertiary/aromatic N) is 3. The van der Waals surface area contributed by atoms with Gasteiger partial charge in [-0.1, -0.05) is 23.6 Å². The number of aromatic nitrogens is 1. The van der Waals surface area contributed by atoms with Gasteiger partial charge < -0.3 is 9.64 Å². The number of hydrogen-bond donors (Lipinski definition) is 2.